The zero-order valence-corrected chi connectivity index (χ0v) is 16.3. The van der Waals surface area contributed by atoms with Gasteiger partial charge in [-0.3, -0.25) is 9.69 Å². The van der Waals surface area contributed by atoms with Crippen LogP contribution in [0.2, 0.25) is 5.02 Å². The van der Waals surface area contributed by atoms with E-state index in [-0.39, 0.29) is 12.0 Å². The van der Waals surface area contributed by atoms with Gasteiger partial charge in [0, 0.05) is 22.6 Å². The van der Waals surface area contributed by atoms with Crippen LogP contribution in [0.4, 0.5) is 5.13 Å². The van der Waals surface area contributed by atoms with Gasteiger partial charge in [-0.15, -0.1) is 22.7 Å². The number of hydrogen-bond acceptors (Lipinski definition) is 5. The first-order chi connectivity index (χ1) is 12.7. The van der Waals surface area contributed by atoms with Gasteiger partial charge in [-0.05, 0) is 36.4 Å². The van der Waals surface area contributed by atoms with E-state index < -0.39 is 0 Å². The lowest BCUT2D eigenvalue weighted by Crippen LogP contribution is -2.37. The highest BCUT2D eigenvalue weighted by Gasteiger charge is 2.27. The summed E-state index contributed by atoms with van der Waals surface area (Å²) in [6.45, 7) is 1.30. The first-order valence-corrected chi connectivity index (χ1v) is 10.5. The molecule has 26 heavy (non-hydrogen) atoms. The Morgan fingerprint density at radius 2 is 2.12 bits per heavy atom. The monoisotopic (exact) mass is 404 g/mol. The summed E-state index contributed by atoms with van der Waals surface area (Å²) in [4.78, 5) is 20.2. The molecule has 0 bridgehead atoms. The SMILES string of the molecule is O=C(c1cccs1)N(C[C@H]1CCCO1)c1nc(-c2ccc(Cl)cc2)cs1. The van der Waals surface area contributed by atoms with Crippen molar-refractivity contribution in [1.29, 1.82) is 0 Å². The Labute approximate surface area is 165 Å². The third-order valence-electron chi connectivity index (χ3n) is 4.25. The van der Waals surface area contributed by atoms with Gasteiger partial charge >= 0.3 is 0 Å². The van der Waals surface area contributed by atoms with Gasteiger partial charge in [0.2, 0.25) is 0 Å². The maximum atomic E-state index is 13.0. The van der Waals surface area contributed by atoms with E-state index in [4.69, 9.17) is 21.3 Å². The van der Waals surface area contributed by atoms with Gasteiger partial charge in [0.25, 0.3) is 5.91 Å². The molecule has 0 aliphatic carbocycles. The van der Waals surface area contributed by atoms with Crippen molar-refractivity contribution in [2.75, 3.05) is 18.1 Å². The van der Waals surface area contributed by atoms with Crippen LogP contribution in [0.15, 0.2) is 47.2 Å². The molecule has 0 unspecified atom stereocenters. The van der Waals surface area contributed by atoms with Crippen LogP contribution in [0.25, 0.3) is 11.3 Å². The van der Waals surface area contributed by atoms with E-state index in [1.54, 1.807) is 4.90 Å². The molecule has 0 radical (unpaired) electrons. The van der Waals surface area contributed by atoms with E-state index in [9.17, 15) is 4.79 Å². The molecule has 3 aromatic rings. The van der Waals surface area contributed by atoms with Gasteiger partial charge in [-0.2, -0.15) is 0 Å². The summed E-state index contributed by atoms with van der Waals surface area (Å²) >= 11 is 8.89. The van der Waals surface area contributed by atoms with Crippen molar-refractivity contribution < 1.29 is 9.53 Å². The number of nitrogens with zero attached hydrogens (tertiary/aromatic N) is 2. The number of carbonyl (C=O) groups is 1. The Kier molecular flexibility index (Phi) is 5.36. The van der Waals surface area contributed by atoms with Crippen LogP contribution in [-0.2, 0) is 4.74 Å². The highest BCUT2D eigenvalue weighted by molar-refractivity contribution is 7.14. The molecule has 0 saturated carbocycles. The molecule has 1 atom stereocenters. The minimum atomic E-state index is -0.0208. The number of amides is 1. The number of thiophene rings is 1. The van der Waals surface area contributed by atoms with E-state index in [1.807, 2.05) is 47.2 Å². The number of ether oxygens (including phenoxy) is 1. The molecule has 1 aliphatic heterocycles. The van der Waals surface area contributed by atoms with Crippen LogP contribution < -0.4 is 4.90 Å². The number of benzene rings is 1. The summed E-state index contributed by atoms with van der Waals surface area (Å²) in [5.41, 5.74) is 1.83. The van der Waals surface area contributed by atoms with Gasteiger partial charge in [0.1, 0.15) is 0 Å². The molecule has 1 saturated heterocycles. The van der Waals surface area contributed by atoms with Crippen molar-refractivity contribution in [3.05, 3.63) is 57.1 Å². The molecule has 2 aromatic heterocycles. The Hall–Kier alpha value is -1.73. The molecule has 4 nitrogen and oxygen atoms in total. The van der Waals surface area contributed by atoms with Gasteiger partial charge in [-0.1, -0.05) is 29.8 Å². The predicted octanol–water partition coefficient (Wildman–Crippen LogP) is 5.35. The summed E-state index contributed by atoms with van der Waals surface area (Å²) in [7, 11) is 0. The first kappa shape index (κ1) is 17.7. The maximum Gasteiger partial charge on any atom is 0.270 e. The summed E-state index contributed by atoms with van der Waals surface area (Å²) < 4.78 is 5.75. The quantitative estimate of drug-likeness (QED) is 0.575. The van der Waals surface area contributed by atoms with Crippen molar-refractivity contribution in [3.63, 3.8) is 0 Å². The second-order valence-electron chi connectivity index (χ2n) is 6.05. The van der Waals surface area contributed by atoms with Crippen LogP contribution in [0, 0.1) is 0 Å². The Morgan fingerprint density at radius 1 is 1.27 bits per heavy atom. The third kappa shape index (κ3) is 3.83. The van der Waals surface area contributed by atoms with Crippen LogP contribution in [-0.4, -0.2) is 30.1 Å². The van der Waals surface area contributed by atoms with Crippen LogP contribution in [0.3, 0.4) is 0 Å². The lowest BCUT2D eigenvalue weighted by molar-refractivity contribution is 0.0920. The van der Waals surface area contributed by atoms with E-state index in [0.29, 0.717) is 21.6 Å². The molecule has 7 heteroatoms. The molecule has 1 aromatic carbocycles. The molecule has 1 amide bonds. The molecular weight excluding hydrogens is 388 g/mol. The van der Waals surface area contributed by atoms with Gasteiger partial charge in [0.05, 0.1) is 23.2 Å². The number of halogens is 1. The van der Waals surface area contributed by atoms with Crippen LogP contribution in [0.5, 0.6) is 0 Å². The molecule has 1 aliphatic rings. The second-order valence-corrected chi connectivity index (χ2v) is 8.27. The minimum absolute atomic E-state index is 0.0208. The molecular formula is C19H17ClN2O2S2. The van der Waals surface area contributed by atoms with Crippen molar-refractivity contribution >= 4 is 45.3 Å². The Balaban J connectivity index is 1.62. The lowest BCUT2D eigenvalue weighted by Gasteiger charge is -2.22. The molecule has 1 fully saturated rings. The average Bonchev–Trinajstić information content (AvgIpc) is 3.42. The average molecular weight is 405 g/mol. The molecule has 0 N–H and O–H groups in total. The number of anilines is 1. The van der Waals surface area contributed by atoms with E-state index in [0.717, 1.165) is 30.7 Å². The van der Waals surface area contributed by atoms with Crippen molar-refractivity contribution in [2.24, 2.45) is 0 Å². The number of carbonyl (C=O) groups excluding carboxylic acids is 1. The normalized spacial score (nSPS) is 16.7. The lowest BCUT2D eigenvalue weighted by atomic mass is 10.2. The zero-order valence-electron chi connectivity index (χ0n) is 13.9. The van der Waals surface area contributed by atoms with Gasteiger partial charge in [-0.25, -0.2) is 4.98 Å². The number of thiazole rings is 1. The summed E-state index contributed by atoms with van der Waals surface area (Å²) in [5.74, 6) is -0.0208. The van der Waals surface area contributed by atoms with E-state index >= 15 is 0 Å². The maximum absolute atomic E-state index is 13.0. The van der Waals surface area contributed by atoms with Crippen LogP contribution >= 0.6 is 34.3 Å². The first-order valence-electron chi connectivity index (χ1n) is 8.39. The number of aromatic nitrogens is 1. The number of rotatable bonds is 5. The van der Waals surface area contributed by atoms with Crippen molar-refractivity contribution in [2.45, 2.75) is 18.9 Å². The second kappa shape index (κ2) is 7.88. The highest BCUT2D eigenvalue weighted by atomic mass is 35.5. The third-order valence-corrected chi connectivity index (χ3v) is 6.22. The molecule has 3 heterocycles. The van der Waals surface area contributed by atoms with Crippen molar-refractivity contribution in [3.8, 4) is 11.3 Å². The van der Waals surface area contributed by atoms with Crippen molar-refractivity contribution in [1.82, 2.24) is 4.98 Å². The number of hydrogen-bond donors (Lipinski definition) is 0. The zero-order chi connectivity index (χ0) is 17.9. The Morgan fingerprint density at radius 3 is 2.81 bits per heavy atom. The fourth-order valence-corrected chi connectivity index (χ4v) is 4.55. The molecule has 0 spiro atoms. The summed E-state index contributed by atoms with van der Waals surface area (Å²) in [6, 6.07) is 11.3. The van der Waals surface area contributed by atoms with Gasteiger partial charge < -0.3 is 4.74 Å². The summed E-state index contributed by atoms with van der Waals surface area (Å²) in [6.07, 6.45) is 2.09. The predicted molar refractivity (Wildman–Crippen MR) is 108 cm³/mol. The highest BCUT2D eigenvalue weighted by Crippen LogP contribution is 2.30. The fraction of sp³-hybridized carbons (Fsp3) is 0.263. The molecule has 4 rings (SSSR count). The summed E-state index contributed by atoms with van der Waals surface area (Å²) in [5, 5.41) is 5.28. The minimum Gasteiger partial charge on any atom is -0.376 e. The van der Waals surface area contributed by atoms with E-state index in [1.165, 1.54) is 22.7 Å². The fourth-order valence-electron chi connectivity index (χ4n) is 2.91. The molecule has 134 valence electrons. The van der Waals surface area contributed by atoms with Crippen LogP contribution in [0.1, 0.15) is 22.5 Å². The largest absolute Gasteiger partial charge is 0.376 e. The Bertz CT molecular complexity index is 871. The topological polar surface area (TPSA) is 42.4 Å². The van der Waals surface area contributed by atoms with E-state index in [2.05, 4.69) is 0 Å². The van der Waals surface area contributed by atoms with Gasteiger partial charge in [0.15, 0.2) is 5.13 Å². The standard InChI is InChI=1S/C19H17ClN2O2S2/c20-14-7-5-13(6-8-14)16-12-26-19(21-16)22(11-15-3-1-9-24-15)18(23)17-4-2-10-25-17/h2,4-8,10,12,15H,1,3,9,11H2/t15-/m1/s1. The smallest absolute Gasteiger partial charge is 0.270 e.